The Morgan fingerprint density at radius 3 is 2.41 bits per heavy atom. The van der Waals surface area contributed by atoms with Crippen LogP contribution < -0.4 is 0 Å². The molecule has 0 radical (unpaired) electrons. The molecule has 0 aliphatic heterocycles. The first-order chi connectivity index (χ1) is 13.3. The molecule has 0 unspecified atom stereocenters. The maximum absolute atomic E-state index is 2.45. The molecule has 6 rings (SSSR count). The second kappa shape index (κ2) is 5.84. The van der Waals surface area contributed by atoms with Gasteiger partial charge >= 0.3 is 0 Å². The third-order valence-electron chi connectivity index (χ3n) is 6.59. The summed E-state index contributed by atoms with van der Waals surface area (Å²) < 4.78 is 5.36. The van der Waals surface area contributed by atoms with Gasteiger partial charge in [-0.25, -0.2) is 0 Å². The Morgan fingerprint density at radius 1 is 0.815 bits per heavy atom. The molecular formula is C25H23NS. The first kappa shape index (κ1) is 15.7. The van der Waals surface area contributed by atoms with Crippen molar-refractivity contribution in [1.29, 1.82) is 0 Å². The van der Waals surface area contributed by atoms with Crippen molar-refractivity contribution >= 4 is 53.3 Å². The lowest BCUT2D eigenvalue weighted by Crippen LogP contribution is -2.05. The quantitative estimate of drug-likeness (QED) is 0.285. The molecule has 1 saturated carbocycles. The van der Waals surface area contributed by atoms with Gasteiger partial charge in [-0.1, -0.05) is 55.7 Å². The van der Waals surface area contributed by atoms with Crippen LogP contribution in [0.15, 0.2) is 54.6 Å². The average molecular weight is 370 g/mol. The Balaban J connectivity index is 1.85. The lowest BCUT2D eigenvalue weighted by molar-refractivity contribution is 0.447. The van der Waals surface area contributed by atoms with E-state index in [9.17, 15) is 0 Å². The number of hydrogen-bond donors (Lipinski definition) is 0. The second-order valence-electron chi connectivity index (χ2n) is 8.07. The third kappa shape index (κ3) is 2.17. The first-order valence-corrected chi connectivity index (χ1v) is 11.0. The molecule has 134 valence electrons. The molecule has 2 heteroatoms. The van der Waals surface area contributed by atoms with Gasteiger partial charge in [-0.3, -0.25) is 0 Å². The fourth-order valence-electron chi connectivity index (χ4n) is 5.30. The van der Waals surface area contributed by atoms with Crippen molar-refractivity contribution in [2.45, 2.75) is 38.0 Å². The van der Waals surface area contributed by atoms with Gasteiger partial charge in [0.2, 0.25) is 0 Å². The van der Waals surface area contributed by atoms with Gasteiger partial charge in [-0.05, 0) is 42.5 Å². The highest BCUT2D eigenvalue weighted by Crippen LogP contribution is 2.48. The van der Waals surface area contributed by atoms with Crippen molar-refractivity contribution in [3.63, 3.8) is 0 Å². The normalized spacial score (nSPS) is 16.2. The molecule has 0 spiro atoms. The van der Waals surface area contributed by atoms with Crippen LogP contribution in [-0.4, -0.2) is 4.57 Å². The standard InChI is InChI=1S/C25H23NS/c1-26-20-13-7-5-12-18(20)24-21(26)15-19-17-11-6-8-14-22(17)27-25(19)23(24)16-9-3-2-4-10-16/h5-8,11-16H,2-4,9-10H2,1H3. The number of benzene rings is 3. The molecule has 0 amide bonds. The number of hydrogen-bond acceptors (Lipinski definition) is 1. The molecule has 1 aliphatic carbocycles. The van der Waals surface area contributed by atoms with Gasteiger partial charge in [0.05, 0.1) is 0 Å². The summed E-state index contributed by atoms with van der Waals surface area (Å²) >= 11 is 2.01. The van der Waals surface area contributed by atoms with E-state index in [1.165, 1.54) is 74.1 Å². The van der Waals surface area contributed by atoms with Crippen LogP contribution in [0.4, 0.5) is 0 Å². The van der Waals surface area contributed by atoms with E-state index in [1.807, 2.05) is 11.3 Å². The van der Waals surface area contributed by atoms with E-state index in [2.05, 4.69) is 66.2 Å². The molecule has 1 nitrogen and oxygen atoms in total. The van der Waals surface area contributed by atoms with Gasteiger partial charge < -0.3 is 4.57 Å². The number of aromatic nitrogens is 1. The summed E-state index contributed by atoms with van der Waals surface area (Å²) in [6.07, 6.45) is 6.82. The Labute approximate surface area is 163 Å². The maximum Gasteiger partial charge on any atom is 0.0498 e. The smallest absolute Gasteiger partial charge is 0.0498 e. The Hall–Kier alpha value is -2.32. The topological polar surface area (TPSA) is 4.93 Å². The average Bonchev–Trinajstić information content (AvgIpc) is 3.23. The fourth-order valence-corrected chi connectivity index (χ4v) is 6.62. The molecule has 2 aromatic heterocycles. The lowest BCUT2D eigenvalue weighted by Gasteiger charge is -2.24. The predicted molar refractivity (Wildman–Crippen MR) is 119 cm³/mol. The number of nitrogens with zero attached hydrogens (tertiary/aromatic N) is 1. The third-order valence-corrected chi connectivity index (χ3v) is 7.81. The number of aryl methyl sites for hydroxylation is 1. The van der Waals surface area contributed by atoms with E-state index in [4.69, 9.17) is 0 Å². The van der Waals surface area contributed by atoms with Crippen LogP contribution in [0.2, 0.25) is 0 Å². The van der Waals surface area contributed by atoms with E-state index in [0.717, 1.165) is 0 Å². The fraction of sp³-hybridized carbons (Fsp3) is 0.280. The minimum atomic E-state index is 0.698. The summed E-state index contributed by atoms with van der Waals surface area (Å²) in [5, 5.41) is 5.81. The van der Waals surface area contributed by atoms with Crippen molar-refractivity contribution in [3.05, 3.63) is 60.2 Å². The second-order valence-corrected chi connectivity index (χ2v) is 9.12. The summed E-state index contributed by atoms with van der Waals surface area (Å²) in [5.41, 5.74) is 4.39. The van der Waals surface area contributed by atoms with E-state index in [-0.39, 0.29) is 0 Å². The van der Waals surface area contributed by atoms with Crippen LogP contribution >= 0.6 is 11.3 Å². The maximum atomic E-state index is 2.45. The molecule has 0 N–H and O–H groups in total. The van der Waals surface area contributed by atoms with E-state index >= 15 is 0 Å². The van der Waals surface area contributed by atoms with Gasteiger partial charge in [0.1, 0.15) is 0 Å². The lowest BCUT2D eigenvalue weighted by atomic mass is 9.81. The van der Waals surface area contributed by atoms with Crippen molar-refractivity contribution in [1.82, 2.24) is 4.57 Å². The Morgan fingerprint density at radius 2 is 1.56 bits per heavy atom. The Bertz CT molecular complexity index is 1310. The van der Waals surface area contributed by atoms with Crippen LogP contribution in [0, 0.1) is 0 Å². The molecule has 0 bridgehead atoms. The van der Waals surface area contributed by atoms with Gasteiger partial charge in [0.25, 0.3) is 0 Å². The highest BCUT2D eigenvalue weighted by molar-refractivity contribution is 7.26. The highest BCUT2D eigenvalue weighted by Gasteiger charge is 2.25. The molecule has 1 aliphatic rings. The predicted octanol–water partition coefficient (Wildman–Crippen LogP) is 7.75. The van der Waals surface area contributed by atoms with Crippen LogP contribution in [0.25, 0.3) is 42.0 Å². The SMILES string of the molecule is Cn1c2ccccc2c2c(C3CCCCC3)c3sc4ccccc4c3cc21. The van der Waals surface area contributed by atoms with E-state index in [0.29, 0.717) is 5.92 Å². The summed E-state index contributed by atoms with van der Waals surface area (Å²) in [5.74, 6) is 0.698. The molecule has 27 heavy (non-hydrogen) atoms. The minimum absolute atomic E-state index is 0.698. The van der Waals surface area contributed by atoms with Crippen LogP contribution in [0.5, 0.6) is 0 Å². The number of para-hydroxylation sites is 1. The molecule has 5 aromatic rings. The minimum Gasteiger partial charge on any atom is -0.344 e. The summed E-state index contributed by atoms with van der Waals surface area (Å²) in [7, 11) is 2.23. The zero-order chi connectivity index (χ0) is 18.0. The number of rotatable bonds is 1. The van der Waals surface area contributed by atoms with Crippen molar-refractivity contribution in [2.75, 3.05) is 0 Å². The zero-order valence-corrected chi connectivity index (χ0v) is 16.5. The summed E-state index contributed by atoms with van der Waals surface area (Å²) in [6, 6.07) is 20.3. The largest absolute Gasteiger partial charge is 0.344 e. The first-order valence-electron chi connectivity index (χ1n) is 10.1. The molecule has 3 aromatic carbocycles. The molecule has 1 fully saturated rings. The van der Waals surface area contributed by atoms with Gasteiger partial charge in [-0.2, -0.15) is 0 Å². The monoisotopic (exact) mass is 369 g/mol. The molecule has 2 heterocycles. The number of thiophene rings is 1. The summed E-state index contributed by atoms with van der Waals surface area (Å²) in [6.45, 7) is 0. The zero-order valence-electron chi connectivity index (χ0n) is 15.7. The number of fused-ring (bicyclic) bond motifs is 6. The molecule has 0 saturated heterocycles. The Kier molecular flexibility index (Phi) is 3.40. The van der Waals surface area contributed by atoms with E-state index < -0.39 is 0 Å². The highest BCUT2D eigenvalue weighted by atomic mass is 32.1. The van der Waals surface area contributed by atoms with Crippen LogP contribution in [0.1, 0.15) is 43.6 Å². The van der Waals surface area contributed by atoms with E-state index in [1.54, 1.807) is 5.56 Å². The van der Waals surface area contributed by atoms with Crippen molar-refractivity contribution < 1.29 is 0 Å². The van der Waals surface area contributed by atoms with Crippen molar-refractivity contribution in [2.24, 2.45) is 7.05 Å². The van der Waals surface area contributed by atoms with Crippen molar-refractivity contribution in [3.8, 4) is 0 Å². The molecule has 0 atom stereocenters. The van der Waals surface area contributed by atoms with Crippen LogP contribution in [-0.2, 0) is 7.05 Å². The summed E-state index contributed by atoms with van der Waals surface area (Å²) in [4.78, 5) is 0. The van der Waals surface area contributed by atoms with Gasteiger partial charge in [0.15, 0.2) is 0 Å². The van der Waals surface area contributed by atoms with Gasteiger partial charge in [-0.15, -0.1) is 11.3 Å². The van der Waals surface area contributed by atoms with Gasteiger partial charge in [0, 0.05) is 49.0 Å². The van der Waals surface area contributed by atoms with Crippen LogP contribution in [0.3, 0.4) is 0 Å². The molecular weight excluding hydrogens is 346 g/mol.